The SMILES string of the molecule is CCOc1ccc(Cl)c(-n2c(CC(C)C)c(C(=O)N3CCNCC3)cc(-c3nc(-c4ccc(C(F)(F)F)cc4)cs3)c2=O)c1. The predicted molar refractivity (Wildman–Crippen MR) is 167 cm³/mol. The lowest BCUT2D eigenvalue weighted by Gasteiger charge is -2.29. The fourth-order valence-electron chi connectivity index (χ4n) is 5.15. The highest BCUT2D eigenvalue weighted by Crippen LogP contribution is 2.34. The first-order valence-corrected chi connectivity index (χ1v) is 15.6. The van der Waals surface area contributed by atoms with Gasteiger partial charge in [-0.1, -0.05) is 37.6 Å². The number of rotatable bonds is 8. The van der Waals surface area contributed by atoms with Crippen molar-refractivity contribution in [3.63, 3.8) is 0 Å². The molecule has 1 aliphatic rings. The van der Waals surface area contributed by atoms with Crippen molar-refractivity contribution in [3.8, 4) is 33.3 Å². The highest BCUT2D eigenvalue weighted by Gasteiger charge is 2.31. The molecular weight excluding hydrogens is 613 g/mol. The number of amides is 1. The Kier molecular flexibility index (Phi) is 9.48. The van der Waals surface area contributed by atoms with Gasteiger partial charge in [-0.25, -0.2) is 4.98 Å². The van der Waals surface area contributed by atoms with Gasteiger partial charge in [0.25, 0.3) is 11.5 Å². The number of benzene rings is 2. The molecule has 0 spiro atoms. The third kappa shape index (κ3) is 6.69. The first-order chi connectivity index (χ1) is 21.0. The van der Waals surface area contributed by atoms with Gasteiger partial charge in [0.2, 0.25) is 0 Å². The number of carbonyl (C=O) groups excluding carboxylic acids is 1. The number of carbonyl (C=O) groups is 1. The fourth-order valence-corrected chi connectivity index (χ4v) is 6.19. The second-order valence-electron chi connectivity index (χ2n) is 10.9. The summed E-state index contributed by atoms with van der Waals surface area (Å²) in [6.45, 7) is 8.63. The van der Waals surface area contributed by atoms with E-state index in [9.17, 15) is 22.8 Å². The lowest BCUT2D eigenvalue weighted by Crippen LogP contribution is -2.47. The van der Waals surface area contributed by atoms with Gasteiger partial charge in [-0.15, -0.1) is 11.3 Å². The van der Waals surface area contributed by atoms with Crippen LogP contribution in [0.5, 0.6) is 5.75 Å². The number of alkyl halides is 3. The van der Waals surface area contributed by atoms with E-state index in [1.807, 2.05) is 20.8 Å². The van der Waals surface area contributed by atoms with Gasteiger partial charge in [-0.05, 0) is 49.6 Å². The van der Waals surface area contributed by atoms with E-state index in [0.717, 1.165) is 12.1 Å². The van der Waals surface area contributed by atoms with Crippen LogP contribution < -0.4 is 15.6 Å². The molecule has 4 aromatic rings. The van der Waals surface area contributed by atoms with E-state index in [4.69, 9.17) is 16.3 Å². The molecule has 7 nitrogen and oxygen atoms in total. The third-order valence-corrected chi connectivity index (χ3v) is 8.45. The monoisotopic (exact) mass is 644 g/mol. The number of nitrogens with zero attached hydrogens (tertiary/aromatic N) is 3. The molecule has 232 valence electrons. The zero-order chi connectivity index (χ0) is 31.6. The Labute approximate surface area is 262 Å². The Morgan fingerprint density at radius 2 is 1.82 bits per heavy atom. The molecule has 0 radical (unpaired) electrons. The van der Waals surface area contributed by atoms with Gasteiger partial charge in [0.15, 0.2) is 0 Å². The van der Waals surface area contributed by atoms with Crippen molar-refractivity contribution in [2.45, 2.75) is 33.4 Å². The summed E-state index contributed by atoms with van der Waals surface area (Å²) in [5, 5.41) is 5.58. The van der Waals surface area contributed by atoms with Crippen LogP contribution in [0.15, 0.2) is 58.7 Å². The molecule has 5 rings (SSSR count). The van der Waals surface area contributed by atoms with Crippen LogP contribution in [0, 0.1) is 5.92 Å². The number of nitrogens with one attached hydrogen (secondary N) is 1. The minimum absolute atomic E-state index is 0.0982. The molecule has 2 aromatic heterocycles. The van der Waals surface area contributed by atoms with Crippen LogP contribution >= 0.6 is 22.9 Å². The minimum Gasteiger partial charge on any atom is -0.494 e. The van der Waals surface area contributed by atoms with E-state index in [0.29, 0.717) is 83.2 Å². The first kappa shape index (κ1) is 31.7. The van der Waals surface area contributed by atoms with Crippen molar-refractivity contribution in [3.05, 3.63) is 86.1 Å². The van der Waals surface area contributed by atoms with Gasteiger partial charge >= 0.3 is 6.18 Å². The van der Waals surface area contributed by atoms with Crippen molar-refractivity contribution in [2.75, 3.05) is 32.8 Å². The van der Waals surface area contributed by atoms with E-state index >= 15 is 0 Å². The summed E-state index contributed by atoms with van der Waals surface area (Å²) in [6, 6.07) is 11.4. The molecule has 1 amide bonds. The molecule has 44 heavy (non-hydrogen) atoms. The van der Waals surface area contributed by atoms with Crippen molar-refractivity contribution in [1.82, 2.24) is 19.8 Å². The van der Waals surface area contributed by atoms with E-state index in [1.165, 1.54) is 28.0 Å². The fraction of sp³-hybridized carbons (Fsp3) is 0.344. The summed E-state index contributed by atoms with van der Waals surface area (Å²) in [6.07, 6.45) is -4.03. The van der Waals surface area contributed by atoms with Crippen LogP contribution in [0.4, 0.5) is 13.2 Å². The largest absolute Gasteiger partial charge is 0.494 e. The maximum Gasteiger partial charge on any atom is 0.416 e. The number of thiazole rings is 1. The molecule has 0 aliphatic carbocycles. The predicted octanol–water partition coefficient (Wildman–Crippen LogP) is 6.94. The van der Waals surface area contributed by atoms with Gasteiger partial charge in [0, 0.05) is 48.9 Å². The smallest absolute Gasteiger partial charge is 0.416 e. The zero-order valence-electron chi connectivity index (χ0n) is 24.5. The van der Waals surface area contributed by atoms with Gasteiger partial charge < -0.3 is 15.0 Å². The highest BCUT2D eigenvalue weighted by atomic mass is 35.5. The minimum atomic E-state index is -4.46. The Bertz CT molecular complexity index is 1710. The Balaban J connectivity index is 1.72. The molecule has 1 aliphatic heterocycles. The van der Waals surface area contributed by atoms with E-state index in [2.05, 4.69) is 10.3 Å². The first-order valence-electron chi connectivity index (χ1n) is 14.3. The summed E-state index contributed by atoms with van der Waals surface area (Å²) in [5.41, 5.74) is 1.20. The Morgan fingerprint density at radius 3 is 2.45 bits per heavy atom. The molecule has 1 fully saturated rings. The number of aromatic nitrogens is 2. The van der Waals surface area contributed by atoms with Crippen LogP contribution in [0.1, 0.15) is 42.4 Å². The van der Waals surface area contributed by atoms with Crippen molar-refractivity contribution < 1.29 is 22.7 Å². The van der Waals surface area contributed by atoms with Crippen molar-refractivity contribution >= 4 is 28.8 Å². The van der Waals surface area contributed by atoms with Gasteiger partial charge in [0.05, 0.1) is 39.7 Å². The second kappa shape index (κ2) is 13.1. The topological polar surface area (TPSA) is 76.5 Å². The summed E-state index contributed by atoms with van der Waals surface area (Å²) in [4.78, 5) is 34.9. The number of piperazine rings is 1. The molecule has 2 aromatic carbocycles. The normalized spacial score (nSPS) is 13.9. The van der Waals surface area contributed by atoms with Crippen LogP contribution in [-0.4, -0.2) is 53.1 Å². The van der Waals surface area contributed by atoms with Crippen LogP contribution in [0.3, 0.4) is 0 Å². The molecule has 1 N–H and O–H groups in total. The summed E-state index contributed by atoms with van der Waals surface area (Å²) in [5.74, 6) is 0.420. The summed E-state index contributed by atoms with van der Waals surface area (Å²) in [7, 11) is 0. The van der Waals surface area contributed by atoms with Crippen LogP contribution in [0.2, 0.25) is 5.02 Å². The number of halogens is 4. The maximum absolute atomic E-state index is 14.4. The molecule has 0 unspecified atom stereocenters. The van der Waals surface area contributed by atoms with E-state index < -0.39 is 17.3 Å². The molecule has 3 heterocycles. The molecule has 1 saturated heterocycles. The number of hydrogen-bond donors (Lipinski definition) is 1. The quantitative estimate of drug-likeness (QED) is 0.225. The molecule has 0 bridgehead atoms. The lowest BCUT2D eigenvalue weighted by molar-refractivity contribution is -0.137. The number of hydrogen-bond acceptors (Lipinski definition) is 6. The molecule has 12 heteroatoms. The number of ether oxygens (including phenoxy) is 1. The summed E-state index contributed by atoms with van der Waals surface area (Å²) >= 11 is 7.88. The lowest BCUT2D eigenvalue weighted by atomic mass is 9.99. The Morgan fingerprint density at radius 1 is 1.11 bits per heavy atom. The third-order valence-electron chi connectivity index (χ3n) is 7.25. The van der Waals surface area contributed by atoms with Crippen molar-refractivity contribution in [2.24, 2.45) is 5.92 Å². The number of pyridine rings is 1. The molecule has 0 atom stereocenters. The maximum atomic E-state index is 14.4. The average Bonchev–Trinajstić information content (AvgIpc) is 3.48. The van der Waals surface area contributed by atoms with E-state index in [-0.39, 0.29) is 17.4 Å². The zero-order valence-corrected chi connectivity index (χ0v) is 26.1. The van der Waals surface area contributed by atoms with Crippen molar-refractivity contribution in [1.29, 1.82) is 0 Å². The second-order valence-corrected chi connectivity index (χ2v) is 12.1. The van der Waals surface area contributed by atoms with Gasteiger partial charge in [-0.2, -0.15) is 13.2 Å². The van der Waals surface area contributed by atoms with E-state index in [1.54, 1.807) is 34.5 Å². The summed E-state index contributed by atoms with van der Waals surface area (Å²) < 4.78 is 46.5. The standard InChI is InChI=1S/C32H32ClF3N4O3S/c1-4-43-22-9-10-25(33)28(16-22)40-27(15-19(2)3)23(30(41)39-13-11-37-12-14-39)17-24(31(40)42)29-38-26(18-44-29)20-5-7-21(8-6-20)32(34,35)36/h5-10,16-19,37H,4,11-15H2,1-3H3. The average molecular weight is 645 g/mol. The Hall–Kier alpha value is -3.67. The molecule has 0 saturated carbocycles. The van der Waals surface area contributed by atoms with Crippen LogP contribution in [-0.2, 0) is 12.6 Å². The van der Waals surface area contributed by atoms with Gasteiger partial charge in [-0.3, -0.25) is 14.2 Å². The van der Waals surface area contributed by atoms with Gasteiger partial charge in [0.1, 0.15) is 10.8 Å². The molecular formula is C32H32ClF3N4O3S. The van der Waals surface area contributed by atoms with Crippen LogP contribution in [0.25, 0.3) is 27.5 Å². The highest BCUT2D eigenvalue weighted by molar-refractivity contribution is 7.13.